The maximum Gasteiger partial charge on any atom is 0.239 e. The van der Waals surface area contributed by atoms with Gasteiger partial charge in [0.05, 0.1) is 7.11 Å². The number of ether oxygens (including phenoxy) is 1. The molecule has 0 saturated heterocycles. The van der Waals surface area contributed by atoms with Gasteiger partial charge in [-0.1, -0.05) is 18.5 Å². The highest BCUT2D eigenvalue weighted by molar-refractivity contribution is 6.31. The number of aldehydes is 1. The van der Waals surface area contributed by atoms with E-state index in [1.807, 2.05) is 13.8 Å². The summed E-state index contributed by atoms with van der Waals surface area (Å²) in [5.41, 5.74) is 3.01. The molecular weight excluding hydrogens is 278 g/mol. The van der Waals surface area contributed by atoms with Crippen molar-refractivity contribution < 1.29 is 9.53 Å². The van der Waals surface area contributed by atoms with Crippen LogP contribution in [0, 0.1) is 6.92 Å². The Labute approximate surface area is 122 Å². The maximum atomic E-state index is 10.7. The quantitative estimate of drug-likeness (QED) is 0.642. The number of carbonyl (C=O) groups excluding carboxylic acids is 1. The van der Waals surface area contributed by atoms with E-state index in [1.54, 1.807) is 24.5 Å². The lowest BCUT2D eigenvalue weighted by Gasteiger charge is -2.10. The van der Waals surface area contributed by atoms with E-state index < -0.39 is 0 Å². The molecule has 5 nitrogen and oxygen atoms in total. The molecule has 0 atom stereocenters. The monoisotopic (exact) mass is 293 g/mol. The molecule has 20 heavy (non-hydrogen) atoms. The Morgan fingerprint density at radius 2 is 2.15 bits per heavy atom. The lowest BCUT2D eigenvalue weighted by atomic mass is 10.2. The van der Waals surface area contributed by atoms with Crippen LogP contribution in [0.25, 0.3) is 11.9 Å². The summed E-state index contributed by atoms with van der Waals surface area (Å²) in [5.74, 6) is 1.02. The molecule has 2 rings (SSSR count). The van der Waals surface area contributed by atoms with Crippen LogP contribution < -0.4 is 4.74 Å². The summed E-state index contributed by atoms with van der Waals surface area (Å²) in [6.07, 6.45) is 3.19. The second-order valence-electron chi connectivity index (χ2n) is 4.47. The minimum atomic E-state index is 0.448. The van der Waals surface area contributed by atoms with E-state index >= 15 is 0 Å². The zero-order valence-electron chi connectivity index (χ0n) is 11.9. The number of carbonyl (C=O) groups is 1. The predicted octanol–water partition coefficient (Wildman–Crippen LogP) is 2.86. The van der Waals surface area contributed by atoms with Crippen molar-refractivity contribution in [3.05, 3.63) is 27.7 Å². The number of nitrogens with zero attached hydrogens (tertiary/aromatic N) is 3. The molecule has 0 unspecified atom stereocenters. The number of aromatic nitrogens is 3. The van der Waals surface area contributed by atoms with Gasteiger partial charge >= 0.3 is 0 Å². The number of methoxy groups -OCH3 is 1. The molecule has 2 aromatic rings. The largest absolute Gasteiger partial charge is 0.481 e. The van der Waals surface area contributed by atoms with Gasteiger partial charge in [-0.3, -0.25) is 9.20 Å². The molecule has 0 radical (unpaired) electrons. The fraction of sp³-hybridized carbons (Fsp3) is 0.357. The van der Waals surface area contributed by atoms with Crippen molar-refractivity contribution in [2.24, 2.45) is 0 Å². The van der Waals surface area contributed by atoms with E-state index in [0.717, 1.165) is 24.0 Å². The Morgan fingerprint density at radius 3 is 2.70 bits per heavy atom. The average molecular weight is 294 g/mol. The van der Waals surface area contributed by atoms with Gasteiger partial charge in [-0.15, -0.1) is 0 Å². The van der Waals surface area contributed by atoms with Gasteiger partial charge in [0.25, 0.3) is 0 Å². The van der Waals surface area contributed by atoms with Gasteiger partial charge in [0.15, 0.2) is 0 Å². The Bertz CT molecular complexity index is 704. The molecule has 6 heteroatoms. The van der Waals surface area contributed by atoms with Crippen LogP contribution in [-0.2, 0) is 11.2 Å². The number of hydrogen-bond donors (Lipinski definition) is 0. The average Bonchev–Trinajstić information content (AvgIpc) is 2.75. The third-order valence-corrected chi connectivity index (χ3v) is 3.52. The van der Waals surface area contributed by atoms with Crippen molar-refractivity contribution in [3.8, 4) is 5.88 Å². The molecule has 2 aromatic heterocycles. The molecule has 0 saturated carbocycles. The van der Waals surface area contributed by atoms with Gasteiger partial charge in [-0.05, 0) is 31.9 Å². The van der Waals surface area contributed by atoms with E-state index in [9.17, 15) is 4.79 Å². The number of hydrogen-bond acceptors (Lipinski definition) is 4. The van der Waals surface area contributed by atoms with Crippen molar-refractivity contribution in [1.29, 1.82) is 0 Å². The number of imidazole rings is 1. The molecular formula is C14H16ClN3O2. The van der Waals surface area contributed by atoms with Crippen molar-refractivity contribution in [2.45, 2.75) is 27.2 Å². The fourth-order valence-electron chi connectivity index (χ4n) is 2.14. The summed E-state index contributed by atoms with van der Waals surface area (Å²) < 4.78 is 7.07. The number of fused-ring (bicyclic) bond motifs is 1. The molecule has 0 amide bonds. The van der Waals surface area contributed by atoms with Crippen LogP contribution in [0.5, 0.6) is 5.88 Å². The Hall–Kier alpha value is -1.88. The Morgan fingerprint density at radius 1 is 1.45 bits per heavy atom. The number of rotatable bonds is 4. The van der Waals surface area contributed by atoms with Crippen LogP contribution in [0.15, 0.2) is 5.57 Å². The fourth-order valence-corrected chi connectivity index (χ4v) is 2.44. The van der Waals surface area contributed by atoms with E-state index in [1.165, 1.54) is 0 Å². The summed E-state index contributed by atoms with van der Waals surface area (Å²) in [6, 6.07) is 0. The zero-order chi connectivity index (χ0) is 14.9. The highest BCUT2D eigenvalue weighted by Crippen LogP contribution is 2.27. The van der Waals surface area contributed by atoms with Crippen molar-refractivity contribution >= 4 is 29.7 Å². The van der Waals surface area contributed by atoms with Crippen LogP contribution in [0.3, 0.4) is 0 Å². The molecule has 0 bridgehead atoms. The molecule has 0 fully saturated rings. The van der Waals surface area contributed by atoms with Gasteiger partial charge < -0.3 is 4.74 Å². The van der Waals surface area contributed by atoms with Crippen LogP contribution in [-0.4, -0.2) is 27.8 Å². The first-order valence-corrected chi connectivity index (χ1v) is 6.66. The van der Waals surface area contributed by atoms with E-state index in [2.05, 4.69) is 9.97 Å². The predicted molar refractivity (Wildman–Crippen MR) is 78.4 cm³/mol. The molecule has 0 aromatic carbocycles. The SMILES string of the molecule is CCc1c(OC)nc2nc(C=C(C)C=O)c(Cl)n2c1C. The van der Waals surface area contributed by atoms with Gasteiger partial charge in [0.1, 0.15) is 17.1 Å². The Kier molecular flexibility index (Phi) is 4.09. The lowest BCUT2D eigenvalue weighted by Crippen LogP contribution is -2.04. The van der Waals surface area contributed by atoms with Crippen LogP contribution in [0.4, 0.5) is 0 Å². The molecule has 0 spiro atoms. The highest BCUT2D eigenvalue weighted by Gasteiger charge is 2.17. The standard InChI is InChI=1S/C14H16ClN3O2/c1-5-10-9(3)18-12(15)11(6-8(2)7-19)16-14(18)17-13(10)20-4/h6-7H,5H2,1-4H3. The van der Waals surface area contributed by atoms with Crippen molar-refractivity contribution in [1.82, 2.24) is 14.4 Å². The minimum absolute atomic E-state index is 0.448. The zero-order valence-corrected chi connectivity index (χ0v) is 12.7. The lowest BCUT2D eigenvalue weighted by molar-refractivity contribution is -0.104. The summed E-state index contributed by atoms with van der Waals surface area (Å²) in [6.45, 7) is 5.68. The number of allylic oxidation sites excluding steroid dienone is 1. The summed E-state index contributed by atoms with van der Waals surface area (Å²) >= 11 is 6.35. The second-order valence-corrected chi connectivity index (χ2v) is 4.83. The maximum absolute atomic E-state index is 10.7. The van der Waals surface area contributed by atoms with Crippen LogP contribution in [0.2, 0.25) is 5.15 Å². The van der Waals surface area contributed by atoms with Gasteiger partial charge in [0, 0.05) is 11.3 Å². The molecule has 0 aliphatic rings. The van der Waals surface area contributed by atoms with Crippen LogP contribution in [0.1, 0.15) is 30.8 Å². The smallest absolute Gasteiger partial charge is 0.239 e. The summed E-state index contributed by atoms with van der Waals surface area (Å²) in [4.78, 5) is 19.4. The molecule has 0 N–H and O–H groups in total. The number of aryl methyl sites for hydroxylation is 1. The normalized spacial score (nSPS) is 11.9. The summed E-state index contributed by atoms with van der Waals surface area (Å²) in [7, 11) is 1.58. The first-order valence-electron chi connectivity index (χ1n) is 6.28. The van der Waals surface area contributed by atoms with E-state index in [-0.39, 0.29) is 0 Å². The summed E-state index contributed by atoms with van der Waals surface area (Å²) in [5, 5.41) is 0.448. The Balaban J connectivity index is 2.78. The van der Waals surface area contributed by atoms with Crippen molar-refractivity contribution in [3.63, 3.8) is 0 Å². The molecule has 0 aliphatic carbocycles. The van der Waals surface area contributed by atoms with Crippen molar-refractivity contribution in [2.75, 3.05) is 7.11 Å². The van der Waals surface area contributed by atoms with E-state index in [0.29, 0.717) is 28.1 Å². The molecule has 0 aliphatic heterocycles. The third kappa shape index (κ3) is 2.29. The second kappa shape index (κ2) is 5.63. The molecule has 2 heterocycles. The highest BCUT2D eigenvalue weighted by atomic mass is 35.5. The van der Waals surface area contributed by atoms with Gasteiger partial charge in [-0.2, -0.15) is 4.98 Å². The van der Waals surface area contributed by atoms with Gasteiger partial charge in [0.2, 0.25) is 11.7 Å². The van der Waals surface area contributed by atoms with Crippen LogP contribution >= 0.6 is 11.6 Å². The van der Waals surface area contributed by atoms with E-state index in [4.69, 9.17) is 16.3 Å². The third-order valence-electron chi connectivity index (χ3n) is 3.16. The minimum Gasteiger partial charge on any atom is -0.481 e. The first-order chi connectivity index (χ1) is 9.53. The topological polar surface area (TPSA) is 56.5 Å². The molecule has 106 valence electrons. The number of halogens is 1. The first kappa shape index (κ1) is 14.5. The van der Waals surface area contributed by atoms with Gasteiger partial charge in [-0.25, -0.2) is 4.98 Å².